The van der Waals surface area contributed by atoms with Crippen molar-refractivity contribution in [3.05, 3.63) is 29.8 Å². The van der Waals surface area contributed by atoms with Gasteiger partial charge in [-0.1, -0.05) is 31.9 Å². The molecule has 0 spiro atoms. The summed E-state index contributed by atoms with van der Waals surface area (Å²) in [5, 5.41) is 22.3. The molecule has 3 N–H and O–H groups in total. The highest BCUT2D eigenvalue weighted by Crippen LogP contribution is 2.19. The molecule has 2 atom stereocenters. The van der Waals surface area contributed by atoms with Crippen molar-refractivity contribution in [2.45, 2.75) is 97.4 Å². The molecule has 0 aliphatic heterocycles. The Morgan fingerprint density at radius 2 is 1.56 bits per heavy atom. The van der Waals surface area contributed by atoms with Gasteiger partial charge in [0.1, 0.15) is 23.0 Å². The second-order valence-corrected chi connectivity index (χ2v) is 10.3. The number of carbonyl (C=O) groups excluding carboxylic acids is 2. The minimum atomic E-state index is -1.25. The molecule has 0 aromatic heterocycles. The maximum Gasteiger partial charge on any atom is 0.411 e. The molecule has 2 amide bonds. The highest BCUT2D eigenvalue weighted by molar-refractivity contribution is 5.80. The Balaban J connectivity index is 3.25. The molecular formula is C25H40N2O7. The van der Waals surface area contributed by atoms with Gasteiger partial charge in [0.05, 0.1) is 0 Å². The van der Waals surface area contributed by atoms with Crippen LogP contribution in [-0.2, 0) is 20.7 Å². The molecule has 0 radical (unpaired) electrons. The van der Waals surface area contributed by atoms with Crippen LogP contribution >= 0.6 is 0 Å². The van der Waals surface area contributed by atoms with Crippen molar-refractivity contribution in [1.82, 2.24) is 10.2 Å². The van der Waals surface area contributed by atoms with Gasteiger partial charge in [0, 0.05) is 19.0 Å². The predicted molar refractivity (Wildman–Crippen MR) is 129 cm³/mol. The van der Waals surface area contributed by atoms with Gasteiger partial charge in [0.15, 0.2) is 0 Å². The Hall–Kier alpha value is -2.97. The zero-order valence-electron chi connectivity index (χ0n) is 21.4. The summed E-state index contributed by atoms with van der Waals surface area (Å²) in [5.74, 6) is -1.15. The van der Waals surface area contributed by atoms with E-state index >= 15 is 0 Å². The summed E-state index contributed by atoms with van der Waals surface area (Å²) >= 11 is 0. The van der Waals surface area contributed by atoms with Crippen LogP contribution in [0, 0.1) is 0 Å². The monoisotopic (exact) mass is 480 g/mol. The SMILES string of the molecule is CCCC[C@H](CN(C(=O)OC(C)(C)C)[C@@H](Cc1ccc(O)cc1)C(=O)O)NC(=O)OC(C)(C)C. The lowest BCUT2D eigenvalue weighted by atomic mass is 10.0. The fourth-order valence-electron chi connectivity index (χ4n) is 3.21. The van der Waals surface area contributed by atoms with E-state index in [1.165, 1.54) is 12.1 Å². The van der Waals surface area contributed by atoms with Gasteiger partial charge in [-0.15, -0.1) is 0 Å². The summed E-state index contributed by atoms with van der Waals surface area (Å²) in [6, 6.07) is 4.34. The number of ether oxygens (including phenoxy) is 2. The van der Waals surface area contributed by atoms with Crippen molar-refractivity contribution in [1.29, 1.82) is 0 Å². The van der Waals surface area contributed by atoms with E-state index < -0.39 is 41.4 Å². The van der Waals surface area contributed by atoms with E-state index in [4.69, 9.17) is 9.47 Å². The summed E-state index contributed by atoms with van der Waals surface area (Å²) in [4.78, 5) is 39.0. The minimum Gasteiger partial charge on any atom is -0.508 e. The van der Waals surface area contributed by atoms with Crippen molar-refractivity contribution in [3.8, 4) is 5.75 Å². The number of phenolic OH excluding ortho intramolecular Hbond substituents is 1. The smallest absolute Gasteiger partial charge is 0.411 e. The van der Waals surface area contributed by atoms with Crippen LogP contribution in [0.25, 0.3) is 0 Å². The highest BCUT2D eigenvalue weighted by atomic mass is 16.6. The summed E-state index contributed by atoms with van der Waals surface area (Å²) in [6.45, 7) is 12.3. The van der Waals surface area contributed by atoms with Gasteiger partial charge in [-0.25, -0.2) is 14.4 Å². The third kappa shape index (κ3) is 11.2. The molecule has 0 aliphatic rings. The van der Waals surface area contributed by atoms with E-state index in [2.05, 4.69) is 5.32 Å². The van der Waals surface area contributed by atoms with Crippen LogP contribution in [-0.4, -0.2) is 63.1 Å². The first kappa shape index (κ1) is 29.1. The van der Waals surface area contributed by atoms with Crippen molar-refractivity contribution in [3.63, 3.8) is 0 Å². The number of rotatable bonds is 10. The zero-order chi connectivity index (χ0) is 26.1. The third-order valence-corrected chi connectivity index (χ3v) is 4.70. The lowest BCUT2D eigenvalue weighted by Crippen LogP contribution is -2.54. The number of nitrogens with zero attached hydrogens (tertiary/aromatic N) is 1. The summed E-state index contributed by atoms with van der Waals surface area (Å²) in [5.41, 5.74) is -0.912. The van der Waals surface area contributed by atoms with Crippen LogP contribution in [0.3, 0.4) is 0 Å². The topological polar surface area (TPSA) is 125 Å². The number of carbonyl (C=O) groups is 3. The van der Waals surface area contributed by atoms with Crippen molar-refractivity contribution in [2.75, 3.05) is 6.54 Å². The summed E-state index contributed by atoms with van der Waals surface area (Å²) in [6.07, 6.45) is 0.726. The quantitative estimate of drug-likeness (QED) is 0.443. The Kier molecular flexibility index (Phi) is 10.7. The van der Waals surface area contributed by atoms with Gasteiger partial charge in [0.2, 0.25) is 0 Å². The zero-order valence-corrected chi connectivity index (χ0v) is 21.4. The molecule has 0 unspecified atom stereocenters. The molecule has 0 fully saturated rings. The van der Waals surface area contributed by atoms with E-state index in [1.807, 2.05) is 6.92 Å². The van der Waals surface area contributed by atoms with E-state index in [0.717, 1.165) is 17.7 Å². The van der Waals surface area contributed by atoms with Crippen molar-refractivity contribution < 1.29 is 34.1 Å². The number of nitrogens with one attached hydrogen (secondary N) is 1. The average molecular weight is 481 g/mol. The van der Waals surface area contributed by atoms with E-state index in [9.17, 15) is 24.6 Å². The van der Waals surface area contributed by atoms with E-state index in [-0.39, 0.29) is 18.7 Å². The number of unbranched alkanes of at least 4 members (excludes halogenated alkanes) is 1. The molecule has 0 aliphatic carbocycles. The molecule has 1 rings (SSSR count). The lowest BCUT2D eigenvalue weighted by Gasteiger charge is -2.34. The van der Waals surface area contributed by atoms with Crippen LogP contribution in [0.5, 0.6) is 5.75 Å². The first-order chi connectivity index (χ1) is 15.6. The molecule has 0 bridgehead atoms. The van der Waals surface area contributed by atoms with Crippen LogP contribution < -0.4 is 5.32 Å². The number of benzene rings is 1. The van der Waals surface area contributed by atoms with E-state index in [1.54, 1.807) is 53.7 Å². The third-order valence-electron chi connectivity index (χ3n) is 4.70. The molecule has 1 aromatic rings. The van der Waals surface area contributed by atoms with E-state index in [0.29, 0.717) is 12.0 Å². The minimum absolute atomic E-state index is 0.00178. The molecule has 9 nitrogen and oxygen atoms in total. The second-order valence-electron chi connectivity index (χ2n) is 10.3. The first-order valence-electron chi connectivity index (χ1n) is 11.6. The van der Waals surface area contributed by atoms with Crippen LogP contribution in [0.4, 0.5) is 9.59 Å². The predicted octanol–water partition coefficient (Wildman–Crippen LogP) is 4.71. The Morgan fingerprint density at radius 3 is 2.03 bits per heavy atom. The highest BCUT2D eigenvalue weighted by Gasteiger charge is 2.35. The Morgan fingerprint density at radius 1 is 1.00 bits per heavy atom. The average Bonchev–Trinajstić information content (AvgIpc) is 2.66. The molecular weight excluding hydrogens is 440 g/mol. The number of hydrogen-bond acceptors (Lipinski definition) is 6. The number of carboxylic acid groups (broad SMARTS) is 1. The largest absolute Gasteiger partial charge is 0.508 e. The standard InChI is InChI=1S/C25H40N2O7/c1-8-9-10-18(26-22(31)33-24(2,3)4)16-27(23(32)34-25(5,6)7)20(21(29)30)15-17-11-13-19(28)14-12-17/h11-14,18,20,28H,8-10,15-16H2,1-7H3,(H,26,31)(H,29,30)/t18-,20+/m1/s1. The first-order valence-corrected chi connectivity index (χ1v) is 11.6. The normalized spacial score (nSPS) is 13.5. The molecule has 0 heterocycles. The molecule has 0 saturated carbocycles. The fourth-order valence-corrected chi connectivity index (χ4v) is 3.21. The second kappa shape index (κ2) is 12.5. The van der Waals surface area contributed by atoms with Gasteiger partial charge < -0.3 is 25.0 Å². The van der Waals surface area contributed by atoms with Crippen molar-refractivity contribution >= 4 is 18.2 Å². The lowest BCUT2D eigenvalue weighted by molar-refractivity contribution is -0.143. The summed E-state index contributed by atoms with van der Waals surface area (Å²) in [7, 11) is 0. The van der Waals surface area contributed by atoms with Gasteiger partial charge in [0.25, 0.3) is 0 Å². The maximum atomic E-state index is 13.1. The number of carboxylic acids is 1. The molecule has 192 valence electrons. The number of hydrogen-bond donors (Lipinski definition) is 3. The molecule has 34 heavy (non-hydrogen) atoms. The Labute approximate surface area is 202 Å². The number of amides is 2. The number of alkyl carbamates (subject to hydrolysis) is 1. The van der Waals surface area contributed by atoms with Gasteiger partial charge in [-0.3, -0.25) is 4.90 Å². The summed E-state index contributed by atoms with van der Waals surface area (Å²) < 4.78 is 10.9. The number of aliphatic carboxylic acids is 1. The number of phenols is 1. The van der Waals surface area contributed by atoms with Crippen LogP contribution in [0.1, 0.15) is 73.3 Å². The molecule has 1 aromatic carbocycles. The number of aromatic hydroxyl groups is 1. The maximum absolute atomic E-state index is 13.1. The Bertz CT molecular complexity index is 810. The van der Waals surface area contributed by atoms with Gasteiger partial charge >= 0.3 is 18.2 Å². The van der Waals surface area contributed by atoms with Crippen molar-refractivity contribution in [2.24, 2.45) is 0 Å². The van der Waals surface area contributed by atoms with Gasteiger partial charge in [-0.05, 0) is 65.7 Å². The molecule has 9 heteroatoms. The van der Waals surface area contributed by atoms with Crippen LogP contribution in [0.15, 0.2) is 24.3 Å². The molecule has 0 saturated heterocycles. The fraction of sp³-hybridized carbons (Fsp3) is 0.640. The van der Waals surface area contributed by atoms with Gasteiger partial charge in [-0.2, -0.15) is 0 Å². The van der Waals surface area contributed by atoms with Crippen LogP contribution in [0.2, 0.25) is 0 Å².